The number of aromatic nitrogens is 1. The molecule has 1 amide bonds. The van der Waals surface area contributed by atoms with Gasteiger partial charge >= 0.3 is 0 Å². The van der Waals surface area contributed by atoms with Gasteiger partial charge in [0, 0.05) is 24.3 Å². The number of benzene rings is 2. The molecule has 1 saturated heterocycles. The number of carbonyl (C=O) groups is 1. The van der Waals surface area contributed by atoms with Crippen LogP contribution in [-0.2, 0) is 9.47 Å². The topological polar surface area (TPSA) is 69.7 Å². The Hall–Kier alpha value is -2.55. The van der Waals surface area contributed by atoms with E-state index in [0.717, 1.165) is 16.7 Å². The zero-order valence-electron chi connectivity index (χ0n) is 15.2. The number of amides is 1. The van der Waals surface area contributed by atoms with Crippen molar-refractivity contribution in [2.24, 2.45) is 0 Å². The first-order chi connectivity index (χ1) is 13.7. The van der Waals surface area contributed by atoms with Crippen LogP contribution in [0.5, 0.6) is 5.75 Å². The highest BCUT2D eigenvalue weighted by Gasteiger charge is 2.23. The Bertz CT molecular complexity index is 982. The number of rotatable bonds is 4. The summed E-state index contributed by atoms with van der Waals surface area (Å²) in [6.07, 6.45) is 0.637. The minimum Gasteiger partial charge on any atom is -0.494 e. The van der Waals surface area contributed by atoms with E-state index in [1.165, 1.54) is 35.6 Å². The van der Waals surface area contributed by atoms with Crippen LogP contribution in [0.4, 0.5) is 9.52 Å². The van der Waals surface area contributed by atoms with E-state index in [-0.39, 0.29) is 12.0 Å². The highest BCUT2D eigenvalue weighted by Crippen LogP contribution is 2.39. The summed E-state index contributed by atoms with van der Waals surface area (Å²) in [7, 11) is 1.59. The molecule has 1 unspecified atom stereocenters. The van der Waals surface area contributed by atoms with Crippen molar-refractivity contribution >= 4 is 32.6 Å². The number of methoxy groups -OCH3 is 1. The standard InChI is InChI=1S/C20H19FN2O4S/c1-25-18-14(15-11-26-9-2-10-27-15)7-8-16-17(18)22-20(28-16)23-19(24)12-3-5-13(21)6-4-12/h3-8,15H,2,9-11H2,1H3,(H,22,23,24). The van der Waals surface area contributed by atoms with Crippen molar-refractivity contribution in [1.82, 2.24) is 4.98 Å². The van der Waals surface area contributed by atoms with Crippen LogP contribution in [0, 0.1) is 5.82 Å². The Morgan fingerprint density at radius 3 is 2.86 bits per heavy atom. The summed E-state index contributed by atoms with van der Waals surface area (Å²) in [5.41, 5.74) is 1.89. The average molecular weight is 402 g/mol. The first-order valence-electron chi connectivity index (χ1n) is 8.89. The van der Waals surface area contributed by atoms with E-state index in [1.54, 1.807) is 7.11 Å². The molecule has 2 heterocycles. The number of thiazole rings is 1. The molecule has 1 N–H and O–H groups in total. The average Bonchev–Trinajstić information content (AvgIpc) is 2.92. The summed E-state index contributed by atoms with van der Waals surface area (Å²) < 4.78 is 31.0. The number of hydrogen-bond donors (Lipinski definition) is 1. The Labute approximate surface area is 165 Å². The minimum absolute atomic E-state index is 0.221. The van der Waals surface area contributed by atoms with Crippen molar-refractivity contribution in [3.8, 4) is 5.75 Å². The van der Waals surface area contributed by atoms with Crippen molar-refractivity contribution in [2.45, 2.75) is 12.5 Å². The minimum atomic E-state index is -0.390. The van der Waals surface area contributed by atoms with Gasteiger partial charge in [-0.2, -0.15) is 0 Å². The number of nitrogens with zero attached hydrogens (tertiary/aromatic N) is 1. The lowest BCUT2D eigenvalue weighted by Crippen LogP contribution is -2.11. The van der Waals surface area contributed by atoms with Crippen LogP contribution in [0.2, 0.25) is 0 Å². The SMILES string of the molecule is COc1c(C2COCCCO2)ccc2sc(NC(=O)c3ccc(F)cc3)nc12. The van der Waals surface area contributed by atoms with Crippen molar-refractivity contribution in [2.75, 3.05) is 32.2 Å². The molecule has 2 aromatic carbocycles. The smallest absolute Gasteiger partial charge is 0.257 e. The summed E-state index contributed by atoms with van der Waals surface area (Å²) in [5, 5.41) is 3.20. The van der Waals surface area contributed by atoms with Crippen molar-refractivity contribution in [1.29, 1.82) is 0 Å². The molecule has 8 heteroatoms. The van der Waals surface area contributed by atoms with Gasteiger partial charge in [-0.1, -0.05) is 17.4 Å². The van der Waals surface area contributed by atoms with Crippen LogP contribution in [0.15, 0.2) is 36.4 Å². The lowest BCUT2D eigenvalue weighted by atomic mass is 10.1. The summed E-state index contributed by atoms with van der Waals surface area (Å²) in [5.74, 6) is -0.121. The molecule has 4 rings (SSSR count). The van der Waals surface area contributed by atoms with E-state index in [4.69, 9.17) is 14.2 Å². The van der Waals surface area contributed by atoms with Crippen LogP contribution in [-0.4, -0.2) is 37.8 Å². The number of carbonyl (C=O) groups excluding carboxylic acids is 1. The van der Waals surface area contributed by atoms with Gasteiger partial charge in [0.2, 0.25) is 0 Å². The maximum absolute atomic E-state index is 13.0. The number of anilines is 1. The molecule has 0 spiro atoms. The molecule has 1 atom stereocenters. The second kappa shape index (κ2) is 8.22. The van der Waals surface area contributed by atoms with E-state index >= 15 is 0 Å². The largest absolute Gasteiger partial charge is 0.494 e. The van der Waals surface area contributed by atoms with Gasteiger partial charge in [0.1, 0.15) is 17.4 Å². The number of ether oxygens (including phenoxy) is 3. The molecule has 6 nitrogen and oxygen atoms in total. The van der Waals surface area contributed by atoms with E-state index in [1.807, 2.05) is 12.1 Å². The van der Waals surface area contributed by atoms with E-state index in [9.17, 15) is 9.18 Å². The van der Waals surface area contributed by atoms with Crippen LogP contribution in [0.3, 0.4) is 0 Å². The zero-order chi connectivity index (χ0) is 19.5. The molecule has 1 fully saturated rings. The Balaban J connectivity index is 1.63. The molecule has 1 aliphatic rings. The number of fused-ring (bicyclic) bond motifs is 1. The van der Waals surface area contributed by atoms with Crippen LogP contribution < -0.4 is 10.1 Å². The highest BCUT2D eigenvalue weighted by atomic mass is 32.1. The molecule has 0 saturated carbocycles. The van der Waals surface area contributed by atoms with E-state index in [0.29, 0.717) is 41.8 Å². The number of hydrogen-bond acceptors (Lipinski definition) is 6. The third-order valence-corrected chi connectivity index (χ3v) is 5.38. The lowest BCUT2D eigenvalue weighted by molar-refractivity contribution is 0.0240. The van der Waals surface area contributed by atoms with Gasteiger partial charge in [-0.15, -0.1) is 0 Å². The number of nitrogens with one attached hydrogen (secondary N) is 1. The van der Waals surface area contributed by atoms with Crippen molar-refractivity contribution in [3.05, 3.63) is 53.3 Å². The Morgan fingerprint density at radius 1 is 1.25 bits per heavy atom. The van der Waals surface area contributed by atoms with Crippen molar-refractivity contribution in [3.63, 3.8) is 0 Å². The third kappa shape index (κ3) is 3.84. The fourth-order valence-corrected chi connectivity index (χ4v) is 3.94. The molecule has 0 aliphatic carbocycles. The normalized spacial score (nSPS) is 17.3. The third-order valence-electron chi connectivity index (χ3n) is 4.44. The zero-order valence-corrected chi connectivity index (χ0v) is 16.1. The molecular weight excluding hydrogens is 383 g/mol. The van der Waals surface area contributed by atoms with Gasteiger partial charge in [-0.3, -0.25) is 10.1 Å². The molecular formula is C20H19FN2O4S. The van der Waals surface area contributed by atoms with Gasteiger partial charge in [0.05, 0.1) is 18.4 Å². The lowest BCUT2D eigenvalue weighted by Gasteiger charge is -2.18. The van der Waals surface area contributed by atoms with Gasteiger partial charge in [-0.25, -0.2) is 9.37 Å². The van der Waals surface area contributed by atoms with Crippen molar-refractivity contribution < 1.29 is 23.4 Å². The molecule has 0 radical (unpaired) electrons. The predicted octanol–water partition coefficient (Wildman–Crippen LogP) is 4.17. The molecule has 3 aromatic rings. The summed E-state index contributed by atoms with van der Waals surface area (Å²) in [6.45, 7) is 1.76. The summed E-state index contributed by atoms with van der Waals surface area (Å²) in [4.78, 5) is 16.9. The molecule has 0 bridgehead atoms. The fraction of sp³-hybridized carbons (Fsp3) is 0.300. The van der Waals surface area contributed by atoms with E-state index in [2.05, 4.69) is 10.3 Å². The maximum Gasteiger partial charge on any atom is 0.257 e. The first kappa shape index (κ1) is 18.8. The highest BCUT2D eigenvalue weighted by molar-refractivity contribution is 7.22. The quantitative estimate of drug-likeness (QED) is 0.709. The molecule has 146 valence electrons. The maximum atomic E-state index is 13.0. The summed E-state index contributed by atoms with van der Waals surface area (Å²) in [6, 6.07) is 9.24. The summed E-state index contributed by atoms with van der Waals surface area (Å²) >= 11 is 1.34. The van der Waals surface area contributed by atoms with E-state index < -0.39 is 5.82 Å². The fourth-order valence-electron chi connectivity index (χ4n) is 3.08. The van der Waals surface area contributed by atoms with Crippen LogP contribution in [0.1, 0.15) is 28.4 Å². The van der Waals surface area contributed by atoms with Gasteiger partial charge < -0.3 is 14.2 Å². The molecule has 28 heavy (non-hydrogen) atoms. The Morgan fingerprint density at radius 2 is 2.07 bits per heavy atom. The molecule has 1 aliphatic heterocycles. The second-order valence-electron chi connectivity index (χ2n) is 6.30. The monoisotopic (exact) mass is 402 g/mol. The molecule has 1 aromatic heterocycles. The number of halogens is 1. The van der Waals surface area contributed by atoms with Crippen LogP contribution in [0.25, 0.3) is 10.2 Å². The Kier molecular flexibility index (Phi) is 5.52. The van der Waals surface area contributed by atoms with Gasteiger partial charge in [0.15, 0.2) is 10.9 Å². The second-order valence-corrected chi connectivity index (χ2v) is 7.33. The predicted molar refractivity (Wildman–Crippen MR) is 105 cm³/mol. The first-order valence-corrected chi connectivity index (χ1v) is 9.71. The van der Waals surface area contributed by atoms with Gasteiger partial charge in [0.25, 0.3) is 5.91 Å². The van der Waals surface area contributed by atoms with Crippen LogP contribution >= 0.6 is 11.3 Å². The van der Waals surface area contributed by atoms with Gasteiger partial charge in [-0.05, 0) is 36.8 Å².